The van der Waals surface area contributed by atoms with E-state index in [2.05, 4.69) is 13.2 Å². The number of aliphatic hydroxyl groups excluding tert-OH is 1. The Balaban J connectivity index is 2.08. The minimum atomic E-state index is -0.630. The summed E-state index contributed by atoms with van der Waals surface area (Å²) in [4.78, 5) is 0. The molecule has 0 aromatic heterocycles. The van der Waals surface area contributed by atoms with Gasteiger partial charge in [0, 0.05) is 0 Å². The second kappa shape index (κ2) is 10.1. The smallest absolute Gasteiger partial charge is 0.101 e. The van der Waals surface area contributed by atoms with Crippen LogP contribution >= 0.6 is 0 Å². The van der Waals surface area contributed by atoms with Crippen molar-refractivity contribution in [1.29, 1.82) is 0 Å². The standard InChI is InChI=1S/C17H22O3/c1-3-4-8-15(2)11-19-13-17(18)14-20-12-16-9-6-5-7-10-16/h3-10,17-18H,1-2,11-14H2/b8-4-. The van der Waals surface area contributed by atoms with Gasteiger partial charge in [-0.05, 0) is 11.1 Å². The Kier molecular flexibility index (Phi) is 8.31. The van der Waals surface area contributed by atoms with Gasteiger partial charge >= 0.3 is 0 Å². The molecule has 0 aliphatic carbocycles. The lowest BCUT2D eigenvalue weighted by molar-refractivity contribution is -0.0186. The molecular weight excluding hydrogens is 252 g/mol. The zero-order valence-electron chi connectivity index (χ0n) is 11.7. The number of hydrogen-bond donors (Lipinski definition) is 1. The maximum absolute atomic E-state index is 9.70. The summed E-state index contributed by atoms with van der Waals surface area (Å²) < 4.78 is 10.8. The van der Waals surface area contributed by atoms with Crippen molar-refractivity contribution in [2.45, 2.75) is 12.7 Å². The predicted molar refractivity (Wildman–Crippen MR) is 81.4 cm³/mol. The van der Waals surface area contributed by atoms with Gasteiger partial charge in [0.15, 0.2) is 0 Å². The normalized spacial score (nSPS) is 12.4. The molecule has 0 heterocycles. The third kappa shape index (κ3) is 7.69. The van der Waals surface area contributed by atoms with E-state index in [-0.39, 0.29) is 13.2 Å². The average Bonchev–Trinajstić information content (AvgIpc) is 2.46. The van der Waals surface area contributed by atoms with E-state index in [0.29, 0.717) is 13.2 Å². The first kappa shape index (κ1) is 16.4. The number of rotatable bonds is 10. The molecule has 0 aliphatic rings. The number of ether oxygens (including phenoxy) is 2. The molecule has 1 aromatic rings. The van der Waals surface area contributed by atoms with Crippen LogP contribution in [-0.4, -0.2) is 31.0 Å². The van der Waals surface area contributed by atoms with Gasteiger partial charge in [0.25, 0.3) is 0 Å². The Morgan fingerprint density at radius 2 is 1.90 bits per heavy atom. The number of aliphatic hydroxyl groups is 1. The summed E-state index contributed by atoms with van der Waals surface area (Å²) in [5.41, 5.74) is 1.92. The van der Waals surface area contributed by atoms with Gasteiger partial charge < -0.3 is 14.6 Å². The Bertz CT molecular complexity index is 423. The summed E-state index contributed by atoms with van der Waals surface area (Å²) in [6.07, 6.45) is 4.67. The lowest BCUT2D eigenvalue weighted by Gasteiger charge is -2.12. The predicted octanol–water partition coefficient (Wildman–Crippen LogP) is 2.88. The van der Waals surface area contributed by atoms with Gasteiger partial charge in [0.1, 0.15) is 6.10 Å². The molecule has 1 N–H and O–H groups in total. The molecule has 0 aliphatic heterocycles. The summed E-state index contributed by atoms with van der Waals surface area (Å²) >= 11 is 0. The zero-order valence-corrected chi connectivity index (χ0v) is 11.7. The summed E-state index contributed by atoms with van der Waals surface area (Å²) in [7, 11) is 0. The molecule has 0 amide bonds. The van der Waals surface area contributed by atoms with Gasteiger partial charge in [-0.1, -0.05) is 61.7 Å². The zero-order chi connectivity index (χ0) is 14.6. The van der Waals surface area contributed by atoms with Crippen LogP contribution in [0.2, 0.25) is 0 Å². The SMILES string of the molecule is C=C/C=C\C(=C)COCC(O)COCc1ccccc1. The molecule has 0 spiro atoms. The first-order valence-corrected chi connectivity index (χ1v) is 6.56. The summed E-state index contributed by atoms with van der Waals surface area (Å²) in [5.74, 6) is 0. The third-order valence-corrected chi connectivity index (χ3v) is 2.49. The molecule has 0 bridgehead atoms. The Morgan fingerprint density at radius 3 is 2.60 bits per heavy atom. The van der Waals surface area contributed by atoms with Gasteiger partial charge in [-0.15, -0.1) is 0 Å². The highest BCUT2D eigenvalue weighted by Crippen LogP contribution is 2.01. The van der Waals surface area contributed by atoms with Gasteiger partial charge in [-0.25, -0.2) is 0 Å². The minimum absolute atomic E-state index is 0.232. The Labute approximate surface area is 120 Å². The van der Waals surface area contributed by atoms with Crippen LogP contribution in [0.25, 0.3) is 0 Å². The monoisotopic (exact) mass is 274 g/mol. The fourth-order valence-corrected chi connectivity index (χ4v) is 1.51. The van der Waals surface area contributed by atoms with Gasteiger partial charge in [-0.2, -0.15) is 0 Å². The van der Waals surface area contributed by atoms with Crippen LogP contribution in [0.1, 0.15) is 5.56 Å². The molecule has 1 unspecified atom stereocenters. The van der Waals surface area contributed by atoms with Crippen LogP contribution in [0.4, 0.5) is 0 Å². The van der Waals surface area contributed by atoms with Crippen molar-refractivity contribution in [3.63, 3.8) is 0 Å². The van der Waals surface area contributed by atoms with Crippen molar-refractivity contribution in [2.75, 3.05) is 19.8 Å². The van der Waals surface area contributed by atoms with E-state index in [4.69, 9.17) is 9.47 Å². The second-order valence-electron chi connectivity index (χ2n) is 4.42. The summed E-state index contributed by atoms with van der Waals surface area (Å²) in [5, 5.41) is 9.70. The van der Waals surface area contributed by atoms with Crippen molar-refractivity contribution >= 4 is 0 Å². The highest BCUT2D eigenvalue weighted by Gasteiger charge is 2.04. The van der Waals surface area contributed by atoms with E-state index < -0.39 is 6.10 Å². The second-order valence-corrected chi connectivity index (χ2v) is 4.42. The van der Waals surface area contributed by atoms with Crippen LogP contribution in [0.5, 0.6) is 0 Å². The molecule has 0 saturated carbocycles. The van der Waals surface area contributed by atoms with E-state index in [1.54, 1.807) is 12.2 Å². The quantitative estimate of drug-likeness (QED) is 0.667. The molecule has 1 atom stereocenters. The van der Waals surface area contributed by atoms with Crippen LogP contribution in [0.3, 0.4) is 0 Å². The maximum atomic E-state index is 9.70. The molecule has 3 heteroatoms. The summed E-state index contributed by atoms with van der Waals surface area (Å²) in [6, 6.07) is 9.85. The van der Waals surface area contributed by atoms with Crippen molar-refractivity contribution in [1.82, 2.24) is 0 Å². The van der Waals surface area contributed by atoms with E-state index >= 15 is 0 Å². The number of allylic oxidation sites excluding steroid dienone is 2. The average molecular weight is 274 g/mol. The van der Waals surface area contributed by atoms with E-state index in [9.17, 15) is 5.11 Å². The number of hydrogen-bond acceptors (Lipinski definition) is 3. The number of benzene rings is 1. The minimum Gasteiger partial charge on any atom is -0.388 e. The van der Waals surface area contributed by atoms with Gasteiger partial charge in [-0.3, -0.25) is 0 Å². The molecular formula is C17H22O3. The van der Waals surface area contributed by atoms with Crippen molar-refractivity contribution in [2.24, 2.45) is 0 Å². The lowest BCUT2D eigenvalue weighted by atomic mass is 10.2. The van der Waals surface area contributed by atoms with Crippen molar-refractivity contribution in [3.8, 4) is 0 Å². The van der Waals surface area contributed by atoms with E-state index in [1.165, 1.54) is 0 Å². The lowest BCUT2D eigenvalue weighted by Crippen LogP contribution is -2.22. The van der Waals surface area contributed by atoms with E-state index in [0.717, 1.165) is 11.1 Å². The molecule has 108 valence electrons. The molecule has 0 fully saturated rings. The van der Waals surface area contributed by atoms with Gasteiger partial charge in [0.2, 0.25) is 0 Å². The first-order chi connectivity index (χ1) is 9.72. The Morgan fingerprint density at radius 1 is 1.20 bits per heavy atom. The Hall–Kier alpha value is -1.68. The summed E-state index contributed by atoms with van der Waals surface area (Å²) in [6.45, 7) is 8.76. The fraction of sp³-hybridized carbons (Fsp3) is 0.294. The van der Waals surface area contributed by atoms with Crippen molar-refractivity contribution in [3.05, 3.63) is 72.9 Å². The molecule has 1 rings (SSSR count). The highest BCUT2D eigenvalue weighted by atomic mass is 16.5. The molecule has 0 radical (unpaired) electrons. The largest absolute Gasteiger partial charge is 0.388 e. The fourth-order valence-electron chi connectivity index (χ4n) is 1.51. The van der Waals surface area contributed by atoms with Crippen LogP contribution in [-0.2, 0) is 16.1 Å². The maximum Gasteiger partial charge on any atom is 0.101 e. The first-order valence-electron chi connectivity index (χ1n) is 6.56. The van der Waals surface area contributed by atoms with Crippen LogP contribution < -0.4 is 0 Å². The van der Waals surface area contributed by atoms with Gasteiger partial charge in [0.05, 0.1) is 26.4 Å². The molecule has 1 aromatic carbocycles. The topological polar surface area (TPSA) is 38.7 Å². The van der Waals surface area contributed by atoms with Crippen LogP contribution in [0, 0.1) is 0 Å². The molecule has 3 nitrogen and oxygen atoms in total. The molecule has 0 saturated heterocycles. The van der Waals surface area contributed by atoms with Crippen molar-refractivity contribution < 1.29 is 14.6 Å². The van der Waals surface area contributed by atoms with Crippen LogP contribution in [0.15, 0.2) is 67.3 Å². The molecule has 20 heavy (non-hydrogen) atoms. The van der Waals surface area contributed by atoms with E-state index in [1.807, 2.05) is 36.4 Å². The third-order valence-electron chi connectivity index (χ3n) is 2.49. The highest BCUT2D eigenvalue weighted by molar-refractivity contribution is 5.18.